The van der Waals surface area contributed by atoms with Gasteiger partial charge in [0.05, 0.1) is 16.1 Å². The van der Waals surface area contributed by atoms with Gasteiger partial charge in [-0.05, 0) is 53.2 Å². The van der Waals surface area contributed by atoms with Crippen molar-refractivity contribution in [2.24, 2.45) is 7.05 Å². The van der Waals surface area contributed by atoms with E-state index in [0.717, 1.165) is 11.3 Å². The summed E-state index contributed by atoms with van der Waals surface area (Å²) in [6, 6.07) is 10.6. The number of hydrogen-bond donors (Lipinski definition) is 0. The zero-order valence-electron chi connectivity index (χ0n) is 19.2. The molecule has 0 bridgehead atoms. The van der Waals surface area contributed by atoms with Gasteiger partial charge in [-0.25, -0.2) is 18.0 Å². The molecule has 0 aliphatic carbocycles. The summed E-state index contributed by atoms with van der Waals surface area (Å²) < 4.78 is 28.9. The first kappa shape index (κ1) is 22.9. The highest BCUT2D eigenvalue weighted by atomic mass is 32.2. The molecule has 1 fully saturated rings. The van der Waals surface area contributed by atoms with E-state index in [0.29, 0.717) is 47.9 Å². The van der Waals surface area contributed by atoms with Crippen molar-refractivity contribution in [3.05, 3.63) is 58.8 Å². The van der Waals surface area contributed by atoms with Crippen molar-refractivity contribution in [2.45, 2.75) is 11.8 Å². The molecular formula is C22H23N7O5S. The summed E-state index contributed by atoms with van der Waals surface area (Å²) in [6.07, 6.45) is 1.49. The number of ether oxygens (including phenoxy) is 1. The van der Waals surface area contributed by atoms with Crippen LogP contribution in [0.15, 0.2) is 56.8 Å². The third-order valence-electron chi connectivity index (χ3n) is 5.92. The van der Waals surface area contributed by atoms with Crippen LogP contribution >= 0.6 is 0 Å². The maximum Gasteiger partial charge on any atom is 0.419 e. The summed E-state index contributed by atoms with van der Waals surface area (Å²) in [6.45, 7) is 3.55. The van der Waals surface area contributed by atoms with Crippen LogP contribution in [0.25, 0.3) is 16.8 Å². The second kappa shape index (κ2) is 9.43. The fourth-order valence-corrected chi connectivity index (χ4v) is 5.22. The SMILES string of the molecule is Cc1cc2c(cc1S(=O)N1CCN(C(=O)COc3ccc(-n4cnnn4)cc3)CC1)oc(=O)n2C. The van der Waals surface area contributed by atoms with Gasteiger partial charge in [0.2, 0.25) is 0 Å². The zero-order chi connectivity index (χ0) is 24.5. The molecule has 0 radical (unpaired) electrons. The molecular weight excluding hydrogens is 474 g/mol. The predicted octanol–water partition coefficient (Wildman–Crippen LogP) is 0.661. The second-order valence-corrected chi connectivity index (χ2v) is 9.56. The molecule has 1 aliphatic rings. The summed E-state index contributed by atoms with van der Waals surface area (Å²) in [5.74, 6) is -0.0304. The van der Waals surface area contributed by atoms with Crippen LogP contribution in [0.2, 0.25) is 0 Å². The Kier molecular flexibility index (Phi) is 6.17. The van der Waals surface area contributed by atoms with Gasteiger partial charge in [0.15, 0.2) is 12.2 Å². The summed E-state index contributed by atoms with van der Waals surface area (Å²) >= 11 is 0. The van der Waals surface area contributed by atoms with Crippen LogP contribution in [0, 0.1) is 6.92 Å². The molecule has 35 heavy (non-hydrogen) atoms. The number of aromatic nitrogens is 5. The zero-order valence-corrected chi connectivity index (χ0v) is 20.0. The van der Waals surface area contributed by atoms with Gasteiger partial charge < -0.3 is 14.1 Å². The summed E-state index contributed by atoms with van der Waals surface area (Å²) in [4.78, 5) is 26.7. The highest BCUT2D eigenvalue weighted by Gasteiger charge is 2.26. The molecule has 2 aromatic carbocycles. The molecule has 4 aromatic rings. The summed E-state index contributed by atoms with van der Waals surface area (Å²) in [5.41, 5.74) is 2.66. The number of fused-ring (bicyclic) bond motifs is 1. The highest BCUT2D eigenvalue weighted by Crippen LogP contribution is 2.24. The Hall–Kier alpha value is -3.84. The smallest absolute Gasteiger partial charge is 0.419 e. The first-order chi connectivity index (χ1) is 16.9. The lowest BCUT2D eigenvalue weighted by atomic mass is 10.2. The number of piperazine rings is 1. The van der Waals surface area contributed by atoms with Crippen LogP contribution in [0.5, 0.6) is 5.75 Å². The predicted molar refractivity (Wildman–Crippen MR) is 125 cm³/mol. The molecule has 2 aromatic heterocycles. The lowest BCUT2D eigenvalue weighted by Gasteiger charge is -2.33. The minimum Gasteiger partial charge on any atom is -0.484 e. The molecule has 13 heteroatoms. The normalized spacial score (nSPS) is 15.4. The third-order valence-corrected chi connectivity index (χ3v) is 7.57. The minimum atomic E-state index is -1.43. The lowest BCUT2D eigenvalue weighted by molar-refractivity contribution is -0.134. The lowest BCUT2D eigenvalue weighted by Crippen LogP contribution is -2.50. The number of nitrogens with zero attached hydrogens (tertiary/aromatic N) is 7. The Balaban J connectivity index is 1.16. The number of rotatable bonds is 6. The molecule has 1 amide bonds. The molecule has 3 heterocycles. The number of oxazole rings is 1. The van der Waals surface area contributed by atoms with Crippen molar-refractivity contribution in [1.29, 1.82) is 0 Å². The minimum absolute atomic E-state index is 0.0872. The second-order valence-electron chi connectivity index (χ2n) is 8.11. The maximum atomic E-state index is 13.2. The van der Waals surface area contributed by atoms with Crippen molar-refractivity contribution < 1.29 is 18.2 Å². The molecule has 0 saturated carbocycles. The standard InChI is InChI=1S/C22H23N7O5S/c1-15-11-18-19(34-22(31)26(18)2)12-20(15)35(32)28-9-7-27(8-10-28)21(30)13-33-17-5-3-16(4-6-17)29-14-23-24-25-29/h3-6,11-12,14H,7-10,13H2,1-2H3. The van der Waals surface area contributed by atoms with E-state index in [1.165, 1.54) is 15.6 Å². The molecule has 1 saturated heterocycles. The van der Waals surface area contributed by atoms with Crippen molar-refractivity contribution in [2.75, 3.05) is 32.8 Å². The van der Waals surface area contributed by atoms with Gasteiger partial charge in [0.25, 0.3) is 5.91 Å². The molecule has 12 nitrogen and oxygen atoms in total. The van der Waals surface area contributed by atoms with Gasteiger partial charge >= 0.3 is 5.76 Å². The van der Waals surface area contributed by atoms with Crippen molar-refractivity contribution in [3.63, 3.8) is 0 Å². The number of hydrogen-bond acceptors (Lipinski definition) is 8. The Morgan fingerprint density at radius 3 is 2.57 bits per heavy atom. The van der Waals surface area contributed by atoms with E-state index in [9.17, 15) is 13.8 Å². The van der Waals surface area contributed by atoms with Gasteiger partial charge in [-0.2, -0.15) is 0 Å². The van der Waals surface area contributed by atoms with E-state index < -0.39 is 16.7 Å². The van der Waals surface area contributed by atoms with Crippen molar-refractivity contribution in [1.82, 2.24) is 34.0 Å². The number of tetrazole rings is 1. The van der Waals surface area contributed by atoms with E-state index in [1.54, 1.807) is 48.3 Å². The van der Waals surface area contributed by atoms with Gasteiger partial charge in [0, 0.05) is 39.3 Å². The molecule has 1 atom stereocenters. The summed E-state index contributed by atoms with van der Waals surface area (Å²) in [5, 5.41) is 11.0. The van der Waals surface area contributed by atoms with Gasteiger partial charge in [-0.15, -0.1) is 5.10 Å². The summed E-state index contributed by atoms with van der Waals surface area (Å²) in [7, 11) is 0.200. The first-order valence-corrected chi connectivity index (χ1v) is 12.0. The fraction of sp³-hybridized carbons (Fsp3) is 0.318. The third kappa shape index (κ3) is 4.59. The van der Waals surface area contributed by atoms with Crippen LogP contribution in [-0.2, 0) is 22.8 Å². The van der Waals surface area contributed by atoms with Crippen LogP contribution in [0.1, 0.15) is 5.56 Å². The van der Waals surface area contributed by atoms with Gasteiger partial charge in [-0.1, -0.05) is 0 Å². The van der Waals surface area contributed by atoms with Crippen LogP contribution in [-0.4, -0.2) is 76.9 Å². The topological polar surface area (TPSA) is 129 Å². The molecule has 5 rings (SSSR count). The largest absolute Gasteiger partial charge is 0.484 e. The quantitative estimate of drug-likeness (QED) is 0.380. The van der Waals surface area contributed by atoms with Crippen LogP contribution in [0.4, 0.5) is 0 Å². The number of carbonyl (C=O) groups is 1. The van der Waals surface area contributed by atoms with Crippen LogP contribution < -0.4 is 10.5 Å². The first-order valence-electron chi connectivity index (χ1n) is 10.9. The monoisotopic (exact) mass is 497 g/mol. The Bertz CT molecular complexity index is 1440. The molecule has 0 spiro atoms. The number of aryl methyl sites for hydroxylation is 2. The fourth-order valence-electron chi connectivity index (χ4n) is 3.90. The average Bonchev–Trinajstić information content (AvgIpc) is 3.51. The Morgan fingerprint density at radius 1 is 1.14 bits per heavy atom. The van der Waals surface area contributed by atoms with E-state index in [1.807, 2.05) is 11.2 Å². The van der Waals surface area contributed by atoms with Crippen molar-refractivity contribution in [3.8, 4) is 11.4 Å². The Morgan fingerprint density at radius 2 is 1.89 bits per heavy atom. The van der Waals surface area contributed by atoms with Gasteiger partial charge in [-0.3, -0.25) is 9.36 Å². The molecule has 182 valence electrons. The van der Waals surface area contributed by atoms with E-state index >= 15 is 0 Å². The van der Waals surface area contributed by atoms with E-state index in [2.05, 4.69) is 15.5 Å². The van der Waals surface area contributed by atoms with Crippen LogP contribution in [0.3, 0.4) is 0 Å². The van der Waals surface area contributed by atoms with E-state index in [4.69, 9.17) is 9.15 Å². The number of amides is 1. The maximum absolute atomic E-state index is 13.2. The van der Waals surface area contributed by atoms with Gasteiger partial charge in [0.1, 0.15) is 23.1 Å². The Labute approximate surface area is 202 Å². The average molecular weight is 498 g/mol. The number of benzene rings is 2. The highest BCUT2D eigenvalue weighted by molar-refractivity contribution is 7.82. The molecule has 0 N–H and O–H groups in total. The molecule has 1 aliphatic heterocycles. The van der Waals surface area contributed by atoms with E-state index in [-0.39, 0.29) is 12.5 Å². The van der Waals surface area contributed by atoms with Crippen molar-refractivity contribution >= 4 is 28.0 Å². The molecule has 1 unspecified atom stereocenters. The number of carbonyl (C=O) groups excluding carboxylic acids is 1.